The highest BCUT2D eigenvalue weighted by atomic mass is 16.3. The minimum atomic E-state index is -0.873. The van der Waals surface area contributed by atoms with Crippen LogP contribution < -0.4 is 11.5 Å². The standard InChI is InChI=1S/C24H27N5O2/c1-24(9-6-14-2-3-15-4-5-20(26)28-18(15)12-14)13-19(21(30)22(24)31)29-11-8-16-17(25)7-10-27-23(16)29/h2-5,7-8,10-12,19,21-22,30-31H,6,9,13H2,1H3,(H2,25,27)(H2,26,28)/t19-,21+,22+,24+/m1/s1. The van der Waals surface area contributed by atoms with Crippen LogP contribution in [0.4, 0.5) is 11.5 Å². The van der Waals surface area contributed by atoms with E-state index in [0.29, 0.717) is 17.9 Å². The van der Waals surface area contributed by atoms with Gasteiger partial charge in [0.2, 0.25) is 0 Å². The molecule has 6 N–H and O–H groups in total. The Hall–Kier alpha value is -3.16. The number of aryl methyl sites for hydroxylation is 1. The number of benzene rings is 1. The largest absolute Gasteiger partial charge is 0.398 e. The summed E-state index contributed by atoms with van der Waals surface area (Å²) in [5, 5.41) is 23.8. The van der Waals surface area contributed by atoms with E-state index in [0.717, 1.165) is 40.3 Å². The Bertz CT molecular complexity index is 1270. The molecular formula is C24H27N5O2. The van der Waals surface area contributed by atoms with Gasteiger partial charge in [0.25, 0.3) is 0 Å². The van der Waals surface area contributed by atoms with Crippen molar-refractivity contribution in [3.05, 3.63) is 60.4 Å². The highest BCUT2D eigenvalue weighted by Gasteiger charge is 2.50. The predicted octanol–water partition coefficient (Wildman–Crippen LogP) is 3.05. The molecule has 1 aromatic carbocycles. The summed E-state index contributed by atoms with van der Waals surface area (Å²) in [6.45, 7) is 2.05. The van der Waals surface area contributed by atoms with Gasteiger partial charge in [-0.3, -0.25) is 0 Å². The SMILES string of the molecule is C[C@]1(CCc2ccc3ccc(N)nc3c2)C[C@@H](n2ccc3c(N)ccnc32)[C@H](O)[C@@H]1O. The van der Waals surface area contributed by atoms with Crippen molar-refractivity contribution in [2.24, 2.45) is 5.41 Å². The number of rotatable bonds is 4. The Kier molecular flexibility index (Phi) is 4.60. The summed E-state index contributed by atoms with van der Waals surface area (Å²) in [5.41, 5.74) is 14.9. The van der Waals surface area contributed by atoms with Crippen LogP contribution in [0.25, 0.3) is 21.9 Å². The van der Waals surface area contributed by atoms with Crippen LogP contribution >= 0.6 is 0 Å². The van der Waals surface area contributed by atoms with Crippen molar-refractivity contribution >= 4 is 33.4 Å². The molecule has 4 atom stereocenters. The lowest BCUT2D eigenvalue weighted by atomic mass is 9.80. The molecule has 0 bridgehead atoms. The molecule has 5 rings (SSSR count). The van der Waals surface area contributed by atoms with Crippen molar-refractivity contribution in [2.45, 2.75) is 44.4 Å². The molecule has 0 aliphatic heterocycles. The molecule has 7 heteroatoms. The van der Waals surface area contributed by atoms with E-state index < -0.39 is 17.6 Å². The first-order valence-electron chi connectivity index (χ1n) is 10.6. The van der Waals surface area contributed by atoms with Gasteiger partial charge in [0.15, 0.2) is 0 Å². The number of aliphatic hydroxyl groups is 2. The monoisotopic (exact) mass is 417 g/mol. The second-order valence-corrected chi connectivity index (χ2v) is 8.98. The molecular weight excluding hydrogens is 390 g/mol. The third kappa shape index (κ3) is 3.30. The second kappa shape index (κ2) is 7.21. The third-order valence-electron chi connectivity index (χ3n) is 6.88. The van der Waals surface area contributed by atoms with E-state index >= 15 is 0 Å². The number of aromatic nitrogens is 3. The average Bonchev–Trinajstić information content (AvgIpc) is 3.28. The molecule has 31 heavy (non-hydrogen) atoms. The van der Waals surface area contributed by atoms with Gasteiger partial charge in [-0.15, -0.1) is 0 Å². The van der Waals surface area contributed by atoms with E-state index in [1.807, 2.05) is 35.9 Å². The third-order valence-corrected chi connectivity index (χ3v) is 6.88. The fraction of sp³-hybridized carbons (Fsp3) is 0.333. The minimum Gasteiger partial charge on any atom is -0.398 e. The Balaban J connectivity index is 1.39. The molecule has 3 heterocycles. The lowest BCUT2D eigenvalue weighted by Crippen LogP contribution is -2.35. The number of nitrogens with zero attached hydrogens (tertiary/aromatic N) is 3. The number of nitrogen functional groups attached to an aromatic ring is 2. The Morgan fingerprint density at radius 3 is 2.77 bits per heavy atom. The summed E-state index contributed by atoms with van der Waals surface area (Å²) in [7, 11) is 0. The van der Waals surface area contributed by atoms with Gasteiger partial charge in [-0.1, -0.05) is 19.1 Å². The summed E-state index contributed by atoms with van der Waals surface area (Å²) >= 11 is 0. The van der Waals surface area contributed by atoms with Crippen LogP contribution in [0.3, 0.4) is 0 Å². The van der Waals surface area contributed by atoms with Gasteiger partial charge in [-0.05, 0) is 60.6 Å². The summed E-state index contributed by atoms with van der Waals surface area (Å²) in [5.74, 6) is 0.502. The number of pyridine rings is 2. The number of fused-ring (bicyclic) bond motifs is 2. The maximum Gasteiger partial charge on any atom is 0.142 e. The zero-order valence-electron chi connectivity index (χ0n) is 17.4. The zero-order chi connectivity index (χ0) is 21.8. The lowest BCUT2D eigenvalue weighted by Gasteiger charge is -2.28. The van der Waals surface area contributed by atoms with E-state index in [4.69, 9.17) is 11.5 Å². The second-order valence-electron chi connectivity index (χ2n) is 8.98. The summed E-state index contributed by atoms with van der Waals surface area (Å²) in [4.78, 5) is 8.87. The van der Waals surface area contributed by atoms with Crippen LogP contribution in [0.5, 0.6) is 0 Å². The van der Waals surface area contributed by atoms with Crippen LogP contribution in [0, 0.1) is 5.41 Å². The maximum atomic E-state index is 11.0. The van der Waals surface area contributed by atoms with Crippen molar-refractivity contribution in [1.82, 2.24) is 14.5 Å². The smallest absolute Gasteiger partial charge is 0.142 e. The Labute approximate surface area is 180 Å². The molecule has 0 amide bonds. The molecule has 1 saturated carbocycles. The lowest BCUT2D eigenvalue weighted by molar-refractivity contribution is -0.0241. The van der Waals surface area contributed by atoms with Gasteiger partial charge in [0.05, 0.1) is 17.7 Å². The molecule has 7 nitrogen and oxygen atoms in total. The summed E-state index contributed by atoms with van der Waals surface area (Å²) in [6.07, 6.45) is 4.04. The van der Waals surface area contributed by atoms with Gasteiger partial charge in [-0.2, -0.15) is 0 Å². The van der Waals surface area contributed by atoms with Crippen LogP contribution in [-0.4, -0.2) is 37.0 Å². The molecule has 1 aliphatic rings. The number of hydrogen-bond acceptors (Lipinski definition) is 6. The Morgan fingerprint density at radius 2 is 1.94 bits per heavy atom. The summed E-state index contributed by atoms with van der Waals surface area (Å²) < 4.78 is 1.95. The van der Waals surface area contributed by atoms with Gasteiger partial charge in [0, 0.05) is 28.9 Å². The van der Waals surface area contributed by atoms with E-state index in [-0.39, 0.29) is 6.04 Å². The van der Waals surface area contributed by atoms with Gasteiger partial charge >= 0.3 is 0 Å². The molecule has 0 unspecified atom stereocenters. The van der Waals surface area contributed by atoms with E-state index in [1.165, 1.54) is 0 Å². The predicted molar refractivity (Wildman–Crippen MR) is 122 cm³/mol. The van der Waals surface area contributed by atoms with Gasteiger partial charge in [-0.25, -0.2) is 9.97 Å². The van der Waals surface area contributed by atoms with E-state index in [9.17, 15) is 10.2 Å². The van der Waals surface area contributed by atoms with Crippen LogP contribution in [-0.2, 0) is 6.42 Å². The van der Waals surface area contributed by atoms with Crippen molar-refractivity contribution in [3.8, 4) is 0 Å². The quantitative estimate of drug-likeness (QED) is 0.405. The van der Waals surface area contributed by atoms with Gasteiger partial charge < -0.3 is 26.2 Å². The molecule has 4 aromatic rings. The average molecular weight is 418 g/mol. The first kappa shape index (κ1) is 19.8. The van der Waals surface area contributed by atoms with Crippen LogP contribution in [0.15, 0.2) is 54.9 Å². The normalized spacial score (nSPS) is 26.1. The minimum absolute atomic E-state index is 0.259. The molecule has 0 saturated heterocycles. The Morgan fingerprint density at radius 1 is 1.13 bits per heavy atom. The van der Waals surface area contributed by atoms with Crippen molar-refractivity contribution in [1.29, 1.82) is 0 Å². The molecule has 0 spiro atoms. The topological polar surface area (TPSA) is 123 Å². The number of hydrogen-bond donors (Lipinski definition) is 4. The zero-order valence-corrected chi connectivity index (χ0v) is 17.4. The molecule has 160 valence electrons. The number of aliphatic hydroxyl groups excluding tert-OH is 2. The first-order valence-corrected chi connectivity index (χ1v) is 10.6. The first-order chi connectivity index (χ1) is 14.9. The fourth-order valence-electron chi connectivity index (χ4n) is 4.96. The summed E-state index contributed by atoms with van der Waals surface area (Å²) in [6, 6.07) is 13.4. The highest BCUT2D eigenvalue weighted by molar-refractivity contribution is 5.88. The van der Waals surface area contributed by atoms with Gasteiger partial charge in [0.1, 0.15) is 17.6 Å². The number of nitrogens with two attached hydrogens (primary N) is 2. The number of anilines is 2. The van der Waals surface area contributed by atoms with Crippen molar-refractivity contribution < 1.29 is 10.2 Å². The van der Waals surface area contributed by atoms with Crippen LogP contribution in [0.2, 0.25) is 0 Å². The molecule has 1 fully saturated rings. The van der Waals surface area contributed by atoms with E-state index in [1.54, 1.807) is 18.3 Å². The van der Waals surface area contributed by atoms with Crippen LogP contribution in [0.1, 0.15) is 31.4 Å². The fourth-order valence-corrected chi connectivity index (χ4v) is 4.96. The molecule has 3 aromatic heterocycles. The molecule has 1 aliphatic carbocycles. The maximum absolute atomic E-state index is 11.0. The highest BCUT2D eigenvalue weighted by Crippen LogP contribution is 2.48. The van der Waals surface area contributed by atoms with Crippen molar-refractivity contribution in [2.75, 3.05) is 11.5 Å². The van der Waals surface area contributed by atoms with Crippen molar-refractivity contribution in [3.63, 3.8) is 0 Å². The molecule has 0 radical (unpaired) electrons. The van der Waals surface area contributed by atoms with E-state index in [2.05, 4.69) is 22.1 Å².